The predicted octanol–water partition coefficient (Wildman–Crippen LogP) is 2.69. The second-order valence-corrected chi connectivity index (χ2v) is 7.29. The van der Waals surface area contributed by atoms with E-state index in [0.29, 0.717) is 52.5 Å². The van der Waals surface area contributed by atoms with Crippen molar-refractivity contribution in [3.05, 3.63) is 74.8 Å². The largest absolute Gasteiger partial charge is 0.309 e. The maximum absolute atomic E-state index is 12.5. The Hall–Kier alpha value is -3.03. The molecule has 0 saturated carbocycles. The van der Waals surface area contributed by atoms with Gasteiger partial charge in [-0.05, 0) is 36.9 Å². The van der Waals surface area contributed by atoms with Gasteiger partial charge in [0.15, 0.2) is 0 Å². The third kappa shape index (κ3) is 3.66. The van der Waals surface area contributed by atoms with Crippen molar-refractivity contribution in [1.29, 1.82) is 0 Å². The van der Waals surface area contributed by atoms with Crippen LogP contribution in [0, 0.1) is 0 Å². The Kier molecular flexibility index (Phi) is 5.17. The van der Waals surface area contributed by atoms with Gasteiger partial charge in [0, 0.05) is 18.1 Å². The van der Waals surface area contributed by atoms with Gasteiger partial charge in [-0.15, -0.1) is 0 Å². The molecule has 0 bridgehead atoms. The van der Waals surface area contributed by atoms with E-state index in [1.165, 1.54) is 4.90 Å². The van der Waals surface area contributed by atoms with Crippen LogP contribution in [0.4, 0.5) is 0 Å². The van der Waals surface area contributed by atoms with E-state index in [0.717, 1.165) is 0 Å². The predicted molar refractivity (Wildman–Crippen MR) is 110 cm³/mol. The second kappa shape index (κ2) is 7.77. The highest BCUT2D eigenvalue weighted by Gasteiger charge is 2.34. The molecule has 1 N–H and O–H groups in total. The minimum Gasteiger partial charge on any atom is -0.309 e. The summed E-state index contributed by atoms with van der Waals surface area (Å²) in [6.45, 7) is 3.76. The normalized spacial score (nSPS) is 13.6. The number of hydrogen-bond acceptors (Lipinski definition) is 5. The molecule has 8 heteroatoms. The van der Waals surface area contributed by atoms with Crippen LogP contribution in [-0.2, 0) is 6.54 Å². The highest BCUT2D eigenvalue weighted by molar-refractivity contribution is 6.31. The van der Waals surface area contributed by atoms with E-state index in [2.05, 4.69) is 9.97 Å². The minimum atomic E-state index is -0.270. The zero-order valence-corrected chi connectivity index (χ0v) is 16.6. The number of hydrogen-bond donors (Lipinski definition) is 1. The van der Waals surface area contributed by atoms with Crippen molar-refractivity contribution < 1.29 is 9.59 Å². The molecule has 0 saturated heterocycles. The van der Waals surface area contributed by atoms with Crippen LogP contribution in [0.1, 0.15) is 33.5 Å². The summed E-state index contributed by atoms with van der Waals surface area (Å²) < 4.78 is 0. The number of aromatic amines is 1. The fourth-order valence-electron chi connectivity index (χ4n) is 3.48. The molecule has 2 aromatic carbocycles. The first-order valence-electron chi connectivity index (χ1n) is 9.34. The molecule has 1 aliphatic heterocycles. The van der Waals surface area contributed by atoms with E-state index < -0.39 is 0 Å². The van der Waals surface area contributed by atoms with Crippen molar-refractivity contribution in [2.24, 2.45) is 0 Å². The molecule has 148 valence electrons. The molecule has 3 aromatic rings. The maximum atomic E-state index is 12.5. The van der Waals surface area contributed by atoms with E-state index >= 15 is 0 Å². The molecule has 4 rings (SSSR count). The van der Waals surface area contributed by atoms with E-state index in [-0.39, 0.29) is 23.9 Å². The summed E-state index contributed by atoms with van der Waals surface area (Å²) in [7, 11) is 0. The standard InChI is InChI=1S/C21H19ClN4O3/c1-2-25(9-10-26-20(28)14-5-3-4-6-15(14)21(26)29)12-18-23-17-11-13(22)7-8-16(17)19(27)24-18/h3-8,11H,2,9-10,12H2,1H3,(H,23,24,27). The summed E-state index contributed by atoms with van der Waals surface area (Å²) in [6.07, 6.45) is 0. The lowest BCUT2D eigenvalue weighted by molar-refractivity contribution is 0.0635. The van der Waals surface area contributed by atoms with Crippen LogP contribution in [0.5, 0.6) is 0 Å². The summed E-state index contributed by atoms with van der Waals surface area (Å²) >= 11 is 6.01. The van der Waals surface area contributed by atoms with Crippen LogP contribution in [0.25, 0.3) is 10.9 Å². The fraction of sp³-hybridized carbons (Fsp3) is 0.238. The number of benzene rings is 2. The zero-order valence-electron chi connectivity index (χ0n) is 15.8. The molecular formula is C21H19ClN4O3. The lowest BCUT2D eigenvalue weighted by atomic mass is 10.1. The highest BCUT2D eigenvalue weighted by Crippen LogP contribution is 2.22. The number of amides is 2. The Morgan fingerprint density at radius 2 is 1.76 bits per heavy atom. The van der Waals surface area contributed by atoms with Gasteiger partial charge in [-0.25, -0.2) is 4.98 Å². The minimum absolute atomic E-state index is 0.224. The van der Waals surface area contributed by atoms with Gasteiger partial charge < -0.3 is 4.98 Å². The summed E-state index contributed by atoms with van der Waals surface area (Å²) in [5.74, 6) is -0.0314. The average Bonchev–Trinajstić information content (AvgIpc) is 2.95. The van der Waals surface area contributed by atoms with Crippen LogP contribution in [-0.4, -0.2) is 51.2 Å². The molecule has 0 aliphatic carbocycles. The van der Waals surface area contributed by atoms with Crippen molar-refractivity contribution in [2.75, 3.05) is 19.6 Å². The van der Waals surface area contributed by atoms with Crippen LogP contribution in [0.15, 0.2) is 47.3 Å². The molecule has 0 unspecified atom stereocenters. The van der Waals surface area contributed by atoms with Crippen LogP contribution >= 0.6 is 11.6 Å². The van der Waals surface area contributed by atoms with Crippen molar-refractivity contribution in [1.82, 2.24) is 19.8 Å². The van der Waals surface area contributed by atoms with Gasteiger partial charge in [0.25, 0.3) is 17.4 Å². The van der Waals surface area contributed by atoms with Gasteiger partial charge in [0.1, 0.15) is 5.82 Å². The molecule has 2 amide bonds. The van der Waals surface area contributed by atoms with Gasteiger partial charge >= 0.3 is 0 Å². The number of likely N-dealkylation sites (N-methyl/N-ethyl adjacent to an activating group) is 1. The van der Waals surface area contributed by atoms with Gasteiger partial charge in [0.2, 0.25) is 0 Å². The van der Waals surface area contributed by atoms with E-state index in [1.807, 2.05) is 11.8 Å². The average molecular weight is 411 g/mol. The first kappa shape index (κ1) is 19.3. The smallest absolute Gasteiger partial charge is 0.261 e. The Bertz CT molecular complexity index is 1140. The van der Waals surface area contributed by atoms with Gasteiger partial charge in [-0.2, -0.15) is 0 Å². The summed E-state index contributed by atoms with van der Waals surface area (Å²) in [5.41, 5.74) is 1.20. The molecule has 2 heterocycles. The molecule has 0 radical (unpaired) electrons. The maximum Gasteiger partial charge on any atom is 0.261 e. The second-order valence-electron chi connectivity index (χ2n) is 6.85. The summed E-state index contributed by atoms with van der Waals surface area (Å²) in [5, 5.41) is 0.992. The number of nitrogens with zero attached hydrogens (tertiary/aromatic N) is 3. The number of aromatic nitrogens is 2. The Morgan fingerprint density at radius 3 is 2.41 bits per heavy atom. The number of carbonyl (C=O) groups is 2. The van der Waals surface area contributed by atoms with Crippen LogP contribution in [0.2, 0.25) is 5.02 Å². The Balaban J connectivity index is 1.48. The molecule has 7 nitrogen and oxygen atoms in total. The number of halogens is 1. The molecule has 29 heavy (non-hydrogen) atoms. The van der Waals surface area contributed by atoms with Crippen molar-refractivity contribution >= 4 is 34.3 Å². The van der Waals surface area contributed by atoms with E-state index in [4.69, 9.17) is 11.6 Å². The van der Waals surface area contributed by atoms with Crippen molar-refractivity contribution in [3.63, 3.8) is 0 Å². The molecule has 1 aromatic heterocycles. The number of carbonyl (C=O) groups excluding carboxylic acids is 2. The van der Waals surface area contributed by atoms with E-state index in [9.17, 15) is 14.4 Å². The Labute approximate surface area is 171 Å². The molecular weight excluding hydrogens is 392 g/mol. The molecule has 0 fully saturated rings. The highest BCUT2D eigenvalue weighted by atomic mass is 35.5. The zero-order chi connectivity index (χ0) is 20.5. The number of H-pyrrole nitrogens is 1. The number of rotatable bonds is 6. The Morgan fingerprint density at radius 1 is 1.07 bits per heavy atom. The molecule has 1 aliphatic rings. The van der Waals surface area contributed by atoms with Crippen LogP contribution in [0.3, 0.4) is 0 Å². The third-order valence-electron chi connectivity index (χ3n) is 5.06. The monoisotopic (exact) mass is 410 g/mol. The number of imide groups is 1. The van der Waals surface area contributed by atoms with Gasteiger partial charge in [-0.1, -0.05) is 30.7 Å². The third-order valence-corrected chi connectivity index (χ3v) is 5.29. The SMILES string of the molecule is CCN(CCN1C(=O)c2ccccc2C1=O)Cc1nc2cc(Cl)ccc2c(=O)[nH]1. The quantitative estimate of drug-likeness (QED) is 0.631. The van der Waals surface area contributed by atoms with Gasteiger partial charge in [-0.3, -0.25) is 24.2 Å². The first-order valence-corrected chi connectivity index (χ1v) is 9.71. The summed E-state index contributed by atoms with van der Waals surface area (Å²) in [4.78, 5) is 47.9. The van der Waals surface area contributed by atoms with Gasteiger partial charge in [0.05, 0.1) is 28.6 Å². The lowest BCUT2D eigenvalue weighted by Crippen LogP contribution is -2.38. The van der Waals surface area contributed by atoms with E-state index in [1.54, 1.807) is 42.5 Å². The van der Waals surface area contributed by atoms with Crippen molar-refractivity contribution in [2.45, 2.75) is 13.5 Å². The number of fused-ring (bicyclic) bond motifs is 2. The number of nitrogens with one attached hydrogen (secondary N) is 1. The van der Waals surface area contributed by atoms with Crippen LogP contribution < -0.4 is 5.56 Å². The summed E-state index contributed by atoms with van der Waals surface area (Å²) in [6, 6.07) is 11.8. The fourth-order valence-corrected chi connectivity index (χ4v) is 3.65. The first-order chi connectivity index (χ1) is 14.0. The van der Waals surface area contributed by atoms with Crippen molar-refractivity contribution in [3.8, 4) is 0 Å². The lowest BCUT2D eigenvalue weighted by Gasteiger charge is -2.23. The molecule has 0 atom stereocenters. The topological polar surface area (TPSA) is 86.4 Å². The molecule has 0 spiro atoms.